The fourth-order valence-electron chi connectivity index (χ4n) is 3.75. The number of carbonyl (C=O) groups is 1. The molecular weight excluding hydrogens is 383 g/mol. The fraction of sp³-hybridized carbons (Fsp3) is 0.720. The van der Waals surface area contributed by atoms with Crippen LogP contribution in [0.5, 0.6) is 5.75 Å². The minimum absolute atomic E-state index is 0.141. The third-order valence-corrected chi connectivity index (χ3v) is 5.83. The van der Waals surface area contributed by atoms with E-state index in [4.69, 9.17) is 14.2 Å². The van der Waals surface area contributed by atoms with Crippen LogP contribution in [-0.2, 0) is 14.3 Å². The van der Waals surface area contributed by atoms with Crippen LogP contribution in [0.15, 0.2) is 24.3 Å². The summed E-state index contributed by atoms with van der Waals surface area (Å²) in [4.78, 5) is 11.8. The third-order valence-electron chi connectivity index (χ3n) is 5.83. The second kappa shape index (κ2) is 13.8. The van der Waals surface area contributed by atoms with Crippen LogP contribution in [0.2, 0.25) is 0 Å². The lowest BCUT2D eigenvalue weighted by molar-refractivity contribution is -0.237. The Bertz CT molecular complexity index is 604. The molecule has 4 nitrogen and oxygen atoms in total. The van der Waals surface area contributed by atoms with Crippen molar-refractivity contribution >= 4 is 5.97 Å². The number of benzene rings is 1. The highest BCUT2D eigenvalue weighted by Gasteiger charge is 2.29. The molecule has 5 heteroatoms. The number of carbonyl (C=O) groups excluding carboxylic acids is 1. The van der Waals surface area contributed by atoms with E-state index in [-0.39, 0.29) is 12.5 Å². The van der Waals surface area contributed by atoms with Crippen LogP contribution >= 0.6 is 0 Å². The molecule has 0 radical (unpaired) electrons. The van der Waals surface area contributed by atoms with Crippen molar-refractivity contribution in [3.8, 4) is 5.75 Å². The average molecular weight is 423 g/mol. The van der Waals surface area contributed by atoms with Crippen molar-refractivity contribution in [1.29, 1.82) is 0 Å². The number of rotatable bonds is 13. The Balaban J connectivity index is 1.75. The van der Waals surface area contributed by atoms with Crippen molar-refractivity contribution in [2.24, 2.45) is 5.92 Å². The molecule has 0 bridgehead atoms. The van der Waals surface area contributed by atoms with Crippen LogP contribution in [0.3, 0.4) is 0 Å². The zero-order chi connectivity index (χ0) is 21.8. The van der Waals surface area contributed by atoms with E-state index < -0.39 is 18.4 Å². The normalized spacial score (nSPS) is 22.6. The first-order valence-electron chi connectivity index (χ1n) is 11.8. The van der Waals surface area contributed by atoms with Crippen molar-refractivity contribution in [2.45, 2.75) is 104 Å². The molecule has 1 aliphatic rings. The second-order valence-electron chi connectivity index (χ2n) is 8.42. The van der Waals surface area contributed by atoms with Gasteiger partial charge in [0.1, 0.15) is 5.75 Å². The van der Waals surface area contributed by atoms with Crippen molar-refractivity contribution in [2.75, 3.05) is 6.61 Å². The number of halogens is 1. The van der Waals surface area contributed by atoms with Crippen molar-refractivity contribution in [3.05, 3.63) is 29.8 Å². The van der Waals surface area contributed by atoms with Gasteiger partial charge in [0.25, 0.3) is 0 Å². The van der Waals surface area contributed by atoms with Gasteiger partial charge in [-0.2, -0.15) is 0 Å². The molecule has 1 fully saturated rings. The summed E-state index contributed by atoms with van der Waals surface area (Å²) in [6, 6.07) is 6.96. The van der Waals surface area contributed by atoms with Crippen LogP contribution in [0.4, 0.5) is 4.39 Å². The predicted octanol–water partition coefficient (Wildman–Crippen LogP) is 6.92. The molecule has 4 atom stereocenters. The van der Waals surface area contributed by atoms with Gasteiger partial charge in [0, 0.05) is 11.5 Å². The Morgan fingerprint density at radius 3 is 2.40 bits per heavy atom. The Kier molecular flexibility index (Phi) is 11.4. The number of hydrogen-bond donors (Lipinski definition) is 0. The van der Waals surface area contributed by atoms with Gasteiger partial charge in [-0.15, -0.1) is 0 Å². The van der Waals surface area contributed by atoms with Gasteiger partial charge in [-0.1, -0.05) is 77.3 Å². The van der Waals surface area contributed by atoms with Gasteiger partial charge in [0.05, 0.1) is 12.7 Å². The summed E-state index contributed by atoms with van der Waals surface area (Å²) in [6.07, 6.45) is 8.79. The third kappa shape index (κ3) is 8.35. The van der Waals surface area contributed by atoms with Gasteiger partial charge < -0.3 is 14.2 Å². The molecule has 0 saturated carbocycles. The summed E-state index contributed by atoms with van der Waals surface area (Å²) >= 11 is 0. The monoisotopic (exact) mass is 422 g/mol. The van der Waals surface area contributed by atoms with Gasteiger partial charge in [0.15, 0.2) is 12.5 Å². The zero-order valence-electron chi connectivity index (χ0n) is 18.9. The second-order valence-corrected chi connectivity index (χ2v) is 8.42. The van der Waals surface area contributed by atoms with Gasteiger partial charge in [-0.3, -0.25) is 0 Å². The lowest BCUT2D eigenvalue weighted by atomic mass is 9.95. The number of ether oxygens (including phenoxy) is 3. The van der Waals surface area contributed by atoms with Crippen LogP contribution in [0.25, 0.3) is 0 Å². The summed E-state index contributed by atoms with van der Waals surface area (Å²) in [7, 11) is 0. The Labute approximate surface area is 181 Å². The number of alkyl halides is 1. The molecule has 170 valence electrons. The molecule has 1 aliphatic heterocycles. The molecule has 0 N–H and O–H groups in total. The topological polar surface area (TPSA) is 44.8 Å². The van der Waals surface area contributed by atoms with E-state index in [9.17, 15) is 9.18 Å². The molecule has 0 aromatic heterocycles. The highest BCUT2D eigenvalue weighted by Crippen LogP contribution is 2.32. The van der Waals surface area contributed by atoms with Crippen LogP contribution in [-0.4, -0.2) is 24.9 Å². The highest BCUT2D eigenvalue weighted by atomic mass is 19.1. The van der Waals surface area contributed by atoms with Crippen molar-refractivity contribution in [3.63, 3.8) is 0 Å². The Hall–Kier alpha value is -1.46. The largest absolute Gasteiger partial charge is 0.424 e. The molecule has 30 heavy (non-hydrogen) atoms. The highest BCUT2D eigenvalue weighted by molar-refractivity contribution is 5.77. The maximum absolute atomic E-state index is 13.8. The smallest absolute Gasteiger partial charge is 0.346 e. The summed E-state index contributed by atoms with van der Waals surface area (Å²) in [5.74, 6) is -0.0579. The quantitative estimate of drug-likeness (QED) is 0.197. The summed E-state index contributed by atoms with van der Waals surface area (Å²) in [5.41, 5.74) is 0.877. The summed E-state index contributed by atoms with van der Waals surface area (Å²) < 4.78 is 31.0. The van der Waals surface area contributed by atoms with E-state index in [2.05, 4.69) is 13.8 Å². The van der Waals surface area contributed by atoms with Gasteiger partial charge >= 0.3 is 5.97 Å². The average Bonchev–Trinajstić information content (AvgIpc) is 2.75. The van der Waals surface area contributed by atoms with Crippen molar-refractivity contribution in [1.82, 2.24) is 0 Å². The molecule has 1 aromatic carbocycles. The SMILES string of the molecule is CCCCCCCC[C@H]1CO[C@H](c2ccc(OC(=O)[C@@H](F)CCCC)cc2)O[C@@H]1C. The van der Waals surface area contributed by atoms with E-state index in [1.807, 2.05) is 19.1 Å². The maximum atomic E-state index is 13.8. The number of esters is 1. The van der Waals surface area contributed by atoms with E-state index in [1.165, 1.54) is 38.5 Å². The Morgan fingerprint density at radius 2 is 1.73 bits per heavy atom. The first-order valence-corrected chi connectivity index (χ1v) is 11.8. The minimum Gasteiger partial charge on any atom is -0.424 e. The molecular formula is C25H39FO4. The summed E-state index contributed by atoms with van der Waals surface area (Å²) in [5, 5.41) is 0. The lowest BCUT2D eigenvalue weighted by Gasteiger charge is -2.35. The molecule has 1 aromatic rings. The fourth-order valence-corrected chi connectivity index (χ4v) is 3.75. The van der Waals surface area contributed by atoms with Gasteiger partial charge in [-0.25, -0.2) is 9.18 Å². The first kappa shape index (κ1) is 24.8. The number of hydrogen-bond acceptors (Lipinski definition) is 4. The molecule has 0 spiro atoms. The van der Waals surface area contributed by atoms with E-state index >= 15 is 0 Å². The molecule has 0 unspecified atom stereocenters. The van der Waals surface area contributed by atoms with E-state index in [1.54, 1.807) is 12.1 Å². The molecule has 0 amide bonds. The molecule has 1 saturated heterocycles. The van der Waals surface area contributed by atoms with Crippen LogP contribution in [0, 0.1) is 5.92 Å². The minimum atomic E-state index is -1.57. The van der Waals surface area contributed by atoms with E-state index in [0.29, 0.717) is 24.7 Å². The molecule has 2 rings (SSSR count). The van der Waals surface area contributed by atoms with Crippen molar-refractivity contribution < 1.29 is 23.4 Å². The number of unbranched alkanes of at least 4 members (excludes halogenated alkanes) is 6. The standard InChI is InChI=1S/C25H39FO4/c1-4-6-8-9-10-11-12-21-18-28-25(29-19(21)3)20-14-16-22(17-15-20)30-24(27)23(26)13-7-5-2/h14-17,19,21,23,25H,4-13,18H2,1-3H3/t19-,21+,23+,25+/m1/s1. The Morgan fingerprint density at radius 1 is 1.07 bits per heavy atom. The molecule has 1 heterocycles. The van der Waals surface area contributed by atoms with E-state index in [0.717, 1.165) is 18.4 Å². The zero-order valence-corrected chi connectivity index (χ0v) is 18.9. The lowest BCUT2D eigenvalue weighted by Crippen LogP contribution is -2.34. The van der Waals surface area contributed by atoms with Gasteiger partial charge in [0.2, 0.25) is 0 Å². The van der Waals surface area contributed by atoms with Gasteiger partial charge in [-0.05, 0) is 31.9 Å². The van der Waals surface area contributed by atoms with Crippen LogP contribution < -0.4 is 4.74 Å². The van der Waals surface area contributed by atoms with Crippen LogP contribution in [0.1, 0.15) is 96.8 Å². The maximum Gasteiger partial charge on any atom is 0.346 e. The predicted molar refractivity (Wildman–Crippen MR) is 117 cm³/mol. The first-order chi connectivity index (χ1) is 14.5. The molecule has 0 aliphatic carbocycles. The summed E-state index contributed by atoms with van der Waals surface area (Å²) in [6.45, 7) is 7.01.